The number of aryl methyl sites for hydroxylation is 2. The fraction of sp³-hybridized carbons (Fsp3) is 0.120. The molecule has 0 spiro atoms. The second-order valence-electron chi connectivity index (χ2n) is 7.53. The van der Waals surface area contributed by atoms with Gasteiger partial charge in [-0.15, -0.1) is 5.11 Å². The Labute approximate surface area is 189 Å². The summed E-state index contributed by atoms with van der Waals surface area (Å²) in [6, 6.07) is 20.2. The molecule has 166 valence electrons. The Hall–Kier alpha value is -4.07. The molecule has 0 amide bonds. The molecular weight excluding hydrogens is 427 g/mol. The molecule has 33 heavy (non-hydrogen) atoms. The van der Waals surface area contributed by atoms with Gasteiger partial charge in [0.05, 0.1) is 22.6 Å². The zero-order valence-electron chi connectivity index (χ0n) is 17.9. The summed E-state index contributed by atoms with van der Waals surface area (Å²) < 4.78 is 40.6. The molecular formula is C25H20F3N5. The van der Waals surface area contributed by atoms with Crippen LogP contribution in [0.3, 0.4) is 0 Å². The molecule has 0 radical (unpaired) electrons. The number of halogens is 3. The first-order valence-corrected chi connectivity index (χ1v) is 10.1. The number of azo groups is 1. The van der Waals surface area contributed by atoms with Crippen molar-refractivity contribution in [3.63, 3.8) is 0 Å². The zero-order chi connectivity index (χ0) is 23.4. The maximum atomic E-state index is 13.5. The van der Waals surface area contributed by atoms with E-state index in [-0.39, 0.29) is 11.6 Å². The maximum Gasteiger partial charge on any atom is 0.418 e. The molecule has 1 aromatic heterocycles. The number of aromatic nitrogens is 2. The van der Waals surface area contributed by atoms with Gasteiger partial charge in [-0.25, -0.2) is 9.97 Å². The standard InChI is InChI=1S/C25H20F3N5/c1-16-5-3-7-18(13-16)22-11-12-29-24(31-22)30-19-9-10-21(25(26,27)28)23(15-19)33-32-20-8-4-6-17(2)14-20/h3-15H,1-2H3,(H,29,30,31). The van der Waals surface area contributed by atoms with Gasteiger partial charge in [0.15, 0.2) is 0 Å². The van der Waals surface area contributed by atoms with Crippen molar-refractivity contribution in [3.8, 4) is 11.3 Å². The van der Waals surface area contributed by atoms with Crippen LogP contribution in [0.5, 0.6) is 0 Å². The Morgan fingerprint density at radius 3 is 2.30 bits per heavy atom. The van der Waals surface area contributed by atoms with Gasteiger partial charge in [-0.1, -0.05) is 35.9 Å². The lowest BCUT2D eigenvalue weighted by Gasteiger charge is -2.12. The van der Waals surface area contributed by atoms with Crippen LogP contribution >= 0.6 is 0 Å². The molecule has 0 saturated heterocycles. The van der Waals surface area contributed by atoms with Crippen LogP contribution in [0.25, 0.3) is 11.3 Å². The first-order chi connectivity index (χ1) is 15.8. The average molecular weight is 447 g/mol. The van der Waals surface area contributed by atoms with Crippen LogP contribution in [0.1, 0.15) is 16.7 Å². The third-order valence-electron chi connectivity index (χ3n) is 4.80. The summed E-state index contributed by atoms with van der Waals surface area (Å²) in [5, 5.41) is 10.8. The van der Waals surface area contributed by atoms with Crippen molar-refractivity contribution in [1.82, 2.24) is 9.97 Å². The van der Waals surface area contributed by atoms with Crippen LogP contribution < -0.4 is 5.32 Å². The Morgan fingerprint density at radius 2 is 1.58 bits per heavy atom. The van der Waals surface area contributed by atoms with Gasteiger partial charge in [0.2, 0.25) is 5.95 Å². The van der Waals surface area contributed by atoms with Gasteiger partial charge in [-0.3, -0.25) is 0 Å². The second kappa shape index (κ2) is 9.20. The third kappa shape index (κ3) is 5.60. The Bertz CT molecular complexity index is 1320. The molecule has 0 saturated carbocycles. The monoisotopic (exact) mass is 447 g/mol. The van der Waals surface area contributed by atoms with Crippen LogP contribution in [0.2, 0.25) is 0 Å². The number of hydrogen-bond acceptors (Lipinski definition) is 5. The summed E-state index contributed by atoms with van der Waals surface area (Å²) >= 11 is 0. The quantitative estimate of drug-likeness (QED) is 0.316. The van der Waals surface area contributed by atoms with E-state index in [9.17, 15) is 13.2 Å². The van der Waals surface area contributed by atoms with Gasteiger partial charge in [0, 0.05) is 17.4 Å². The summed E-state index contributed by atoms with van der Waals surface area (Å²) in [7, 11) is 0. The minimum Gasteiger partial charge on any atom is -0.324 e. The first kappa shape index (κ1) is 22.1. The Morgan fingerprint density at radius 1 is 0.818 bits per heavy atom. The van der Waals surface area contributed by atoms with E-state index in [1.165, 1.54) is 12.1 Å². The molecule has 8 heteroatoms. The molecule has 0 fully saturated rings. The van der Waals surface area contributed by atoms with Gasteiger partial charge in [-0.2, -0.15) is 18.3 Å². The van der Waals surface area contributed by atoms with Crippen molar-refractivity contribution < 1.29 is 13.2 Å². The van der Waals surface area contributed by atoms with Crippen molar-refractivity contribution >= 4 is 23.0 Å². The fourth-order valence-electron chi connectivity index (χ4n) is 3.25. The predicted molar refractivity (Wildman–Crippen MR) is 122 cm³/mol. The van der Waals surface area contributed by atoms with Gasteiger partial charge >= 0.3 is 6.18 Å². The summed E-state index contributed by atoms with van der Waals surface area (Å²) in [5.74, 6) is 0.260. The molecule has 1 heterocycles. The van der Waals surface area contributed by atoms with E-state index >= 15 is 0 Å². The highest BCUT2D eigenvalue weighted by molar-refractivity contribution is 5.65. The fourth-order valence-corrected chi connectivity index (χ4v) is 3.25. The topological polar surface area (TPSA) is 62.5 Å². The van der Waals surface area contributed by atoms with Crippen LogP contribution in [0.4, 0.5) is 36.2 Å². The number of benzene rings is 3. The number of anilines is 2. The largest absolute Gasteiger partial charge is 0.418 e. The lowest BCUT2D eigenvalue weighted by Crippen LogP contribution is -2.06. The molecule has 1 N–H and O–H groups in total. The molecule has 4 aromatic rings. The van der Waals surface area contributed by atoms with E-state index in [0.29, 0.717) is 17.1 Å². The Balaban J connectivity index is 1.65. The molecule has 3 aromatic carbocycles. The molecule has 0 aliphatic carbocycles. The normalized spacial score (nSPS) is 11.7. The van der Waals surface area contributed by atoms with Crippen LogP contribution in [0.15, 0.2) is 89.2 Å². The van der Waals surface area contributed by atoms with Gasteiger partial charge in [0.1, 0.15) is 0 Å². The second-order valence-corrected chi connectivity index (χ2v) is 7.53. The van der Waals surface area contributed by atoms with Crippen molar-refractivity contribution in [2.45, 2.75) is 20.0 Å². The van der Waals surface area contributed by atoms with E-state index in [1.807, 2.05) is 44.2 Å². The van der Waals surface area contributed by atoms with E-state index in [1.54, 1.807) is 30.5 Å². The zero-order valence-corrected chi connectivity index (χ0v) is 17.9. The molecule has 0 aliphatic rings. The minimum atomic E-state index is -4.57. The van der Waals surface area contributed by atoms with E-state index < -0.39 is 11.7 Å². The minimum absolute atomic E-state index is 0.260. The number of nitrogens with one attached hydrogen (secondary N) is 1. The number of rotatable bonds is 5. The van der Waals surface area contributed by atoms with Crippen molar-refractivity contribution in [3.05, 3.63) is 95.7 Å². The van der Waals surface area contributed by atoms with Gasteiger partial charge in [-0.05, 0) is 61.9 Å². The molecule has 0 aliphatic heterocycles. The molecule has 0 unspecified atom stereocenters. The van der Waals surface area contributed by atoms with Crippen molar-refractivity contribution in [2.75, 3.05) is 5.32 Å². The van der Waals surface area contributed by atoms with E-state index in [2.05, 4.69) is 25.5 Å². The van der Waals surface area contributed by atoms with Gasteiger partial charge < -0.3 is 5.32 Å². The highest BCUT2D eigenvalue weighted by Gasteiger charge is 2.33. The maximum absolute atomic E-state index is 13.5. The van der Waals surface area contributed by atoms with Crippen LogP contribution in [0, 0.1) is 13.8 Å². The number of hydrogen-bond donors (Lipinski definition) is 1. The predicted octanol–water partition coefficient (Wildman–Crippen LogP) is 7.94. The molecule has 4 rings (SSSR count). The summed E-state index contributed by atoms with van der Waals surface area (Å²) in [6.45, 7) is 3.86. The third-order valence-corrected chi connectivity index (χ3v) is 4.80. The highest BCUT2D eigenvalue weighted by Crippen LogP contribution is 2.39. The smallest absolute Gasteiger partial charge is 0.324 e. The van der Waals surface area contributed by atoms with Crippen molar-refractivity contribution in [1.29, 1.82) is 0 Å². The Kier molecular flexibility index (Phi) is 6.17. The van der Waals surface area contributed by atoms with E-state index in [4.69, 9.17) is 0 Å². The molecule has 5 nitrogen and oxygen atoms in total. The van der Waals surface area contributed by atoms with Crippen LogP contribution in [-0.4, -0.2) is 9.97 Å². The lowest BCUT2D eigenvalue weighted by molar-refractivity contribution is -0.137. The number of alkyl halides is 3. The molecule has 0 bridgehead atoms. The summed E-state index contributed by atoms with van der Waals surface area (Å²) in [4.78, 5) is 8.67. The number of nitrogens with zero attached hydrogens (tertiary/aromatic N) is 4. The average Bonchev–Trinajstić information content (AvgIpc) is 2.77. The SMILES string of the molecule is Cc1cccc(N=Nc2cc(Nc3nccc(-c4cccc(C)c4)n3)ccc2C(F)(F)F)c1. The highest BCUT2D eigenvalue weighted by atomic mass is 19.4. The summed E-state index contributed by atoms with van der Waals surface area (Å²) in [6.07, 6.45) is -2.98. The molecule has 0 atom stereocenters. The first-order valence-electron chi connectivity index (χ1n) is 10.1. The van der Waals surface area contributed by atoms with Crippen molar-refractivity contribution in [2.24, 2.45) is 10.2 Å². The summed E-state index contributed by atoms with van der Waals surface area (Å²) in [5.41, 5.74) is 3.29. The van der Waals surface area contributed by atoms with Crippen LogP contribution in [-0.2, 0) is 6.18 Å². The lowest BCUT2D eigenvalue weighted by atomic mass is 10.1. The van der Waals surface area contributed by atoms with Gasteiger partial charge in [0.25, 0.3) is 0 Å². The van der Waals surface area contributed by atoms with E-state index in [0.717, 1.165) is 22.8 Å².